The number of aryl methyl sites for hydroxylation is 1. The van der Waals surface area contributed by atoms with Crippen molar-refractivity contribution in [3.8, 4) is 11.1 Å². The first-order valence-corrected chi connectivity index (χ1v) is 13.3. The van der Waals surface area contributed by atoms with E-state index in [1.54, 1.807) is 55.5 Å². The van der Waals surface area contributed by atoms with Crippen molar-refractivity contribution in [2.75, 3.05) is 6.26 Å². The van der Waals surface area contributed by atoms with Crippen LogP contribution >= 0.6 is 0 Å². The molecule has 8 heteroatoms. The van der Waals surface area contributed by atoms with Crippen molar-refractivity contribution in [1.29, 1.82) is 0 Å². The first-order valence-electron chi connectivity index (χ1n) is 11.4. The monoisotopic (exact) mass is 523 g/mol. The Kier molecular flexibility index (Phi) is 7.06. The highest BCUT2D eigenvalue weighted by atomic mass is 32.2. The highest BCUT2D eigenvalue weighted by molar-refractivity contribution is 7.90. The molecule has 0 fully saturated rings. The van der Waals surface area contributed by atoms with Crippen LogP contribution in [-0.2, 0) is 26.2 Å². The first kappa shape index (κ1) is 26.3. The lowest BCUT2D eigenvalue weighted by atomic mass is 9.66. The maximum absolute atomic E-state index is 14.2. The minimum absolute atomic E-state index is 0.0227. The quantitative estimate of drug-likeness (QED) is 0.263. The van der Waals surface area contributed by atoms with Crippen LogP contribution in [-0.4, -0.2) is 25.9 Å². The van der Waals surface area contributed by atoms with Gasteiger partial charge in [0.05, 0.1) is 15.9 Å². The van der Waals surface area contributed by atoms with Gasteiger partial charge in [0.25, 0.3) is 0 Å². The highest BCUT2D eigenvalue weighted by Gasteiger charge is 2.43. The summed E-state index contributed by atoms with van der Waals surface area (Å²) in [4.78, 5) is 16.4. The molecular formula is C29H24F3NO3S. The van der Waals surface area contributed by atoms with Crippen LogP contribution in [0.2, 0.25) is 0 Å². The number of nitrogens with zero attached hydrogens (tertiary/aromatic N) is 1. The minimum Gasteiger partial charge on any atom is -0.303 e. The number of carbonyl (C=O) groups excluding carboxylic acids is 1. The van der Waals surface area contributed by atoms with Gasteiger partial charge >= 0.3 is 6.18 Å². The number of aldehydes is 1. The number of pyridine rings is 1. The van der Waals surface area contributed by atoms with Gasteiger partial charge in [-0.1, -0.05) is 54.6 Å². The molecule has 4 aromatic rings. The summed E-state index contributed by atoms with van der Waals surface area (Å²) in [5.41, 5.74) is 0.888. The highest BCUT2D eigenvalue weighted by Crippen LogP contribution is 2.47. The molecule has 0 aliphatic carbocycles. The fraction of sp³-hybridized carbons (Fsp3) is 0.172. The molecule has 3 aromatic carbocycles. The second-order valence-electron chi connectivity index (χ2n) is 8.88. The number of halogens is 3. The van der Waals surface area contributed by atoms with E-state index in [4.69, 9.17) is 0 Å². The molecule has 4 nitrogen and oxygen atoms in total. The molecule has 0 N–H and O–H groups in total. The Hall–Kier alpha value is -3.78. The van der Waals surface area contributed by atoms with Gasteiger partial charge in [0.2, 0.25) is 0 Å². The van der Waals surface area contributed by atoms with Gasteiger partial charge < -0.3 is 4.79 Å². The third-order valence-electron chi connectivity index (χ3n) is 6.46. The normalized spacial score (nSPS) is 13.6. The SMILES string of the molecule is Cc1cc(C(CC=O)(c2ccc(-c3ccc(S(C)(=O)=O)cc3)cc2)c2ccccc2C(F)(F)F)ccn1. The van der Waals surface area contributed by atoms with Crippen LogP contribution in [0.5, 0.6) is 0 Å². The lowest BCUT2D eigenvalue weighted by Gasteiger charge is -2.36. The Bertz CT molecular complexity index is 1530. The third-order valence-corrected chi connectivity index (χ3v) is 7.59. The van der Waals surface area contributed by atoms with Gasteiger partial charge in [0.15, 0.2) is 9.84 Å². The summed E-state index contributed by atoms with van der Waals surface area (Å²) in [6.45, 7) is 1.74. The van der Waals surface area contributed by atoms with Gasteiger partial charge in [0, 0.05) is 24.6 Å². The molecule has 4 rings (SSSR count). The van der Waals surface area contributed by atoms with Gasteiger partial charge in [0.1, 0.15) is 6.29 Å². The zero-order valence-electron chi connectivity index (χ0n) is 20.2. The number of hydrogen-bond acceptors (Lipinski definition) is 4. The maximum atomic E-state index is 14.2. The topological polar surface area (TPSA) is 64.1 Å². The van der Waals surface area contributed by atoms with Gasteiger partial charge in [-0.2, -0.15) is 13.2 Å². The van der Waals surface area contributed by atoms with Crippen molar-refractivity contribution < 1.29 is 26.4 Å². The van der Waals surface area contributed by atoms with E-state index in [1.165, 1.54) is 36.5 Å². The molecule has 0 amide bonds. The summed E-state index contributed by atoms with van der Waals surface area (Å²) in [7, 11) is -3.35. The minimum atomic E-state index is -4.63. The van der Waals surface area contributed by atoms with E-state index in [0.29, 0.717) is 23.1 Å². The molecule has 1 heterocycles. The Labute approximate surface area is 213 Å². The standard InChI is InChI=1S/C29H24F3NO3S/c1-20-19-24(15-17-33-20)28(16-18-34,26-5-3-4-6-27(26)29(30,31)32)23-11-7-21(8-12-23)22-9-13-25(14-10-22)37(2,35)36/h3-15,17-19H,16H2,1-2H3. The summed E-state index contributed by atoms with van der Waals surface area (Å²) in [5.74, 6) is 0. The largest absolute Gasteiger partial charge is 0.416 e. The molecule has 190 valence electrons. The van der Waals surface area contributed by atoms with Crippen molar-refractivity contribution >= 4 is 16.1 Å². The van der Waals surface area contributed by atoms with Crippen molar-refractivity contribution in [2.45, 2.75) is 29.8 Å². The average Bonchev–Trinajstić information content (AvgIpc) is 2.86. The molecule has 0 spiro atoms. The number of aromatic nitrogens is 1. The molecule has 0 saturated carbocycles. The van der Waals surface area contributed by atoms with Crippen LogP contribution in [0.3, 0.4) is 0 Å². The van der Waals surface area contributed by atoms with Crippen LogP contribution in [0, 0.1) is 6.92 Å². The first-order chi connectivity index (χ1) is 17.5. The van der Waals surface area contributed by atoms with Crippen molar-refractivity contribution in [3.05, 3.63) is 119 Å². The second kappa shape index (κ2) is 9.94. The third kappa shape index (κ3) is 5.20. The van der Waals surface area contributed by atoms with Gasteiger partial charge in [-0.05, 0) is 65.1 Å². The predicted octanol–water partition coefficient (Wildman–Crippen LogP) is 6.40. The summed E-state index contributed by atoms with van der Waals surface area (Å²) in [6.07, 6.45) is -1.55. The van der Waals surface area contributed by atoms with E-state index in [1.807, 2.05) is 0 Å². The molecular weight excluding hydrogens is 499 g/mol. The molecule has 0 radical (unpaired) electrons. The summed E-state index contributed by atoms with van der Waals surface area (Å²) in [6, 6.07) is 22.0. The Morgan fingerprint density at radius 2 is 1.38 bits per heavy atom. The maximum Gasteiger partial charge on any atom is 0.416 e. The van der Waals surface area contributed by atoms with E-state index in [-0.39, 0.29) is 16.9 Å². The molecule has 1 unspecified atom stereocenters. The fourth-order valence-electron chi connectivity index (χ4n) is 4.70. The number of benzene rings is 3. The van der Waals surface area contributed by atoms with Crippen LogP contribution in [0.25, 0.3) is 11.1 Å². The second-order valence-corrected chi connectivity index (χ2v) is 10.9. The average molecular weight is 524 g/mol. The van der Waals surface area contributed by atoms with Gasteiger partial charge in [-0.3, -0.25) is 4.98 Å². The number of sulfone groups is 1. The lowest BCUT2D eigenvalue weighted by molar-refractivity contribution is -0.138. The molecule has 37 heavy (non-hydrogen) atoms. The van der Waals surface area contributed by atoms with E-state index in [2.05, 4.69) is 4.98 Å². The van der Waals surface area contributed by atoms with Gasteiger partial charge in [-0.25, -0.2) is 8.42 Å². The molecule has 0 aliphatic rings. The van der Waals surface area contributed by atoms with Crippen LogP contribution in [0.1, 0.15) is 34.4 Å². The van der Waals surface area contributed by atoms with Crippen molar-refractivity contribution in [1.82, 2.24) is 4.98 Å². The Balaban J connectivity index is 1.93. The molecule has 0 saturated heterocycles. The van der Waals surface area contributed by atoms with Crippen molar-refractivity contribution in [3.63, 3.8) is 0 Å². The number of carbonyl (C=O) groups is 1. The molecule has 0 bridgehead atoms. The Morgan fingerprint density at radius 1 is 0.811 bits per heavy atom. The van der Waals surface area contributed by atoms with Crippen LogP contribution in [0.4, 0.5) is 13.2 Å². The molecule has 1 aromatic heterocycles. The van der Waals surface area contributed by atoms with Crippen molar-refractivity contribution in [2.24, 2.45) is 0 Å². The number of alkyl halides is 3. The van der Waals surface area contributed by atoms with E-state index < -0.39 is 27.0 Å². The van der Waals surface area contributed by atoms with Gasteiger partial charge in [-0.15, -0.1) is 0 Å². The number of rotatable bonds is 7. The van der Waals surface area contributed by atoms with E-state index in [0.717, 1.165) is 23.4 Å². The van der Waals surface area contributed by atoms with E-state index >= 15 is 0 Å². The summed E-state index contributed by atoms with van der Waals surface area (Å²) in [5, 5.41) is 0. The predicted molar refractivity (Wildman–Crippen MR) is 136 cm³/mol. The summed E-state index contributed by atoms with van der Waals surface area (Å²) < 4.78 is 66.1. The van der Waals surface area contributed by atoms with E-state index in [9.17, 15) is 26.4 Å². The van der Waals surface area contributed by atoms with Crippen LogP contribution in [0.15, 0.2) is 96.0 Å². The smallest absolute Gasteiger partial charge is 0.303 e. The Morgan fingerprint density at radius 3 is 1.89 bits per heavy atom. The number of hydrogen-bond donors (Lipinski definition) is 0. The molecule has 1 atom stereocenters. The fourth-order valence-corrected chi connectivity index (χ4v) is 5.33. The molecule has 0 aliphatic heterocycles. The zero-order chi connectivity index (χ0) is 26.8. The summed E-state index contributed by atoms with van der Waals surface area (Å²) >= 11 is 0. The zero-order valence-corrected chi connectivity index (χ0v) is 21.0. The van der Waals surface area contributed by atoms with Crippen LogP contribution < -0.4 is 0 Å². The lowest BCUT2D eigenvalue weighted by Crippen LogP contribution is -2.33.